The summed E-state index contributed by atoms with van der Waals surface area (Å²) in [6.45, 7) is 0. The van der Waals surface area contributed by atoms with Gasteiger partial charge in [-0.25, -0.2) is 0 Å². The van der Waals surface area contributed by atoms with Gasteiger partial charge in [0.1, 0.15) is 5.75 Å². The quantitative estimate of drug-likeness (QED) is 0.269. The lowest BCUT2D eigenvalue weighted by Gasteiger charge is -2.37. The minimum absolute atomic E-state index is 0.619. The van der Waals surface area contributed by atoms with Crippen LogP contribution in [0.25, 0.3) is 28.0 Å². The molecule has 5 aromatic rings. The Morgan fingerprint density at radius 1 is 0.727 bits per heavy atom. The van der Waals surface area contributed by atoms with Gasteiger partial charge in [0, 0.05) is 16.5 Å². The summed E-state index contributed by atoms with van der Waals surface area (Å²) in [6.07, 6.45) is 6.69. The van der Waals surface area contributed by atoms with Crippen molar-refractivity contribution in [3.05, 3.63) is 130 Å². The van der Waals surface area contributed by atoms with Gasteiger partial charge in [0.05, 0.1) is 4.88 Å². The van der Waals surface area contributed by atoms with Crippen LogP contribution in [0.3, 0.4) is 0 Å². The fourth-order valence-electron chi connectivity index (χ4n) is 5.58. The summed E-state index contributed by atoms with van der Waals surface area (Å²) in [7, 11) is 0. The van der Waals surface area contributed by atoms with E-state index in [1.807, 2.05) is 0 Å². The summed E-state index contributed by atoms with van der Waals surface area (Å²) in [5.74, 6) is 1.00. The lowest BCUT2D eigenvalue weighted by Crippen LogP contribution is -2.33. The largest absolute Gasteiger partial charge is 0.471 e. The number of ether oxygens (including phenoxy) is 1. The van der Waals surface area contributed by atoms with Gasteiger partial charge >= 0.3 is 0 Å². The van der Waals surface area contributed by atoms with E-state index < -0.39 is 5.60 Å². The summed E-state index contributed by atoms with van der Waals surface area (Å²) in [4.78, 5) is 1.20. The molecule has 1 aromatic heterocycles. The second-order valence-electron chi connectivity index (χ2n) is 8.81. The molecule has 0 bridgehead atoms. The smallest absolute Gasteiger partial charge is 0.187 e. The summed E-state index contributed by atoms with van der Waals surface area (Å²) < 4.78 is 7.14. The van der Waals surface area contributed by atoms with Gasteiger partial charge in [-0.05, 0) is 58.0 Å². The maximum Gasteiger partial charge on any atom is 0.187 e. The lowest BCUT2D eigenvalue weighted by molar-refractivity contribution is 0.167. The van der Waals surface area contributed by atoms with Crippen molar-refractivity contribution in [2.75, 3.05) is 0 Å². The zero-order valence-corrected chi connectivity index (χ0v) is 18.9. The number of benzene rings is 4. The van der Waals surface area contributed by atoms with Crippen LogP contribution in [0.5, 0.6) is 5.75 Å². The predicted octanol–water partition coefficient (Wildman–Crippen LogP) is 8.02. The minimum Gasteiger partial charge on any atom is -0.471 e. The summed E-state index contributed by atoms with van der Waals surface area (Å²) in [6, 6.07) is 32.5. The minimum atomic E-state index is -0.619. The zero-order valence-electron chi connectivity index (χ0n) is 18.1. The third-order valence-electron chi connectivity index (χ3n) is 7.08. The number of aryl methyl sites for hydroxylation is 1. The molecule has 0 radical (unpaired) electrons. The first kappa shape index (κ1) is 18.9. The molecular formula is C31H22OS. The van der Waals surface area contributed by atoms with Crippen molar-refractivity contribution < 1.29 is 4.74 Å². The predicted molar refractivity (Wildman–Crippen MR) is 138 cm³/mol. The van der Waals surface area contributed by atoms with Crippen LogP contribution in [0.2, 0.25) is 0 Å². The third kappa shape index (κ3) is 2.71. The lowest BCUT2D eigenvalue weighted by atomic mass is 9.78. The number of hydrogen-bond donors (Lipinski definition) is 0. The highest BCUT2D eigenvalue weighted by atomic mass is 32.1. The van der Waals surface area contributed by atoms with E-state index in [2.05, 4.69) is 109 Å². The Morgan fingerprint density at radius 3 is 2.36 bits per heavy atom. The molecule has 1 aliphatic heterocycles. The first-order valence-electron chi connectivity index (χ1n) is 11.5. The van der Waals surface area contributed by atoms with Gasteiger partial charge in [-0.15, -0.1) is 11.3 Å². The van der Waals surface area contributed by atoms with Crippen LogP contribution >= 0.6 is 11.3 Å². The SMILES string of the molecule is C1=CC(c2ccccc2)(c2cccs2)Oc2c1c1c(c3ccccc23)-c2ccccc2CC1. The van der Waals surface area contributed by atoms with Gasteiger partial charge in [-0.2, -0.15) is 0 Å². The third-order valence-corrected chi connectivity index (χ3v) is 8.07. The van der Waals surface area contributed by atoms with Crippen molar-refractivity contribution in [2.45, 2.75) is 18.4 Å². The first-order valence-corrected chi connectivity index (χ1v) is 12.4. The summed E-state index contributed by atoms with van der Waals surface area (Å²) >= 11 is 1.75. The number of thiophene rings is 1. The van der Waals surface area contributed by atoms with Gasteiger partial charge < -0.3 is 4.74 Å². The van der Waals surface area contributed by atoms with Crippen LogP contribution in [0, 0.1) is 0 Å². The Morgan fingerprint density at radius 2 is 1.52 bits per heavy atom. The van der Waals surface area contributed by atoms with E-state index in [4.69, 9.17) is 4.74 Å². The molecule has 2 aliphatic rings. The Labute approximate surface area is 197 Å². The highest BCUT2D eigenvalue weighted by molar-refractivity contribution is 7.10. The number of hydrogen-bond acceptors (Lipinski definition) is 2. The summed E-state index contributed by atoms with van der Waals surface area (Å²) in [5.41, 5.74) is 7.36. The van der Waals surface area contributed by atoms with Gasteiger partial charge in [0.15, 0.2) is 5.60 Å². The van der Waals surface area contributed by atoms with Crippen molar-refractivity contribution in [3.8, 4) is 16.9 Å². The Balaban J connectivity index is 1.54. The number of fused-ring (bicyclic) bond motifs is 8. The molecule has 0 saturated carbocycles. The molecule has 0 spiro atoms. The molecule has 0 N–H and O–H groups in total. The van der Waals surface area contributed by atoms with Gasteiger partial charge in [0.25, 0.3) is 0 Å². The molecular weight excluding hydrogens is 420 g/mol. The molecule has 2 heterocycles. The second kappa shape index (κ2) is 7.19. The fraction of sp³-hybridized carbons (Fsp3) is 0.0968. The Kier molecular flexibility index (Phi) is 4.12. The highest BCUT2D eigenvalue weighted by Crippen LogP contribution is 2.51. The molecule has 0 fully saturated rings. The molecule has 1 nitrogen and oxygen atoms in total. The van der Waals surface area contributed by atoms with Crippen molar-refractivity contribution in [1.29, 1.82) is 0 Å². The maximum absolute atomic E-state index is 7.14. The topological polar surface area (TPSA) is 9.23 Å². The molecule has 0 amide bonds. The van der Waals surface area contributed by atoms with E-state index in [-0.39, 0.29) is 0 Å². The molecule has 33 heavy (non-hydrogen) atoms. The molecule has 7 rings (SSSR count). The van der Waals surface area contributed by atoms with Crippen molar-refractivity contribution in [2.24, 2.45) is 0 Å². The zero-order chi connectivity index (χ0) is 21.8. The number of rotatable bonds is 2. The maximum atomic E-state index is 7.14. The van der Waals surface area contributed by atoms with Crippen LogP contribution in [0.4, 0.5) is 0 Å². The van der Waals surface area contributed by atoms with Crippen LogP contribution < -0.4 is 4.74 Å². The van der Waals surface area contributed by atoms with E-state index in [0.29, 0.717) is 0 Å². The molecule has 2 heteroatoms. The van der Waals surface area contributed by atoms with E-state index in [9.17, 15) is 0 Å². The monoisotopic (exact) mass is 442 g/mol. The van der Waals surface area contributed by atoms with Gasteiger partial charge in [-0.3, -0.25) is 0 Å². The van der Waals surface area contributed by atoms with Crippen LogP contribution in [0.1, 0.15) is 27.1 Å². The van der Waals surface area contributed by atoms with Crippen LogP contribution in [-0.4, -0.2) is 0 Å². The van der Waals surface area contributed by atoms with Crippen molar-refractivity contribution in [1.82, 2.24) is 0 Å². The van der Waals surface area contributed by atoms with Gasteiger partial charge in [-0.1, -0.05) is 91.0 Å². The van der Waals surface area contributed by atoms with E-state index in [1.165, 1.54) is 43.5 Å². The highest BCUT2D eigenvalue weighted by Gasteiger charge is 2.40. The fourth-order valence-corrected chi connectivity index (χ4v) is 6.44. The molecule has 1 aliphatic carbocycles. The molecule has 1 atom stereocenters. The average molecular weight is 443 g/mol. The molecule has 1 unspecified atom stereocenters. The molecule has 158 valence electrons. The van der Waals surface area contributed by atoms with Crippen LogP contribution in [-0.2, 0) is 18.4 Å². The summed E-state index contributed by atoms with van der Waals surface area (Å²) in [5, 5.41) is 4.60. The second-order valence-corrected chi connectivity index (χ2v) is 9.76. The van der Waals surface area contributed by atoms with E-state index >= 15 is 0 Å². The Hall–Kier alpha value is -3.62. The molecule has 0 saturated heterocycles. The first-order chi connectivity index (χ1) is 16.4. The standard InChI is InChI=1S/C31H22OS/c1-2-10-22(11-3-1)31(28-15-8-20-33-28)19-18-27-25-17-16-21-9-4-5-12-23(21)29(25)24-13-6-7-14-26(24)30(27)32-31/h1-15,18-20H,16-17H2. The molecule has 4 aromatic carbocycles. The normalized spacial score (nSPS) is 18.3. The average Bonchev–Trinajstić information content (AvgIpc) is 3.44. The van der Waals surface area contributed by atoms with Crippen molar-refractivity contribution in [3.63, 3.8) is 0 Å². The van der Waals surface area contributed by atoms with Crippen LogP contribution in [0.15, 0.2) is 102 Å². The van der Waals surface area contributed by atoms with E-state index in [0.717, 1.165) is 24.2 Å². The van der Waals surface area contributed by atoms with E-state index in [1.54, 1.807) is 11.3 Å². The van der Waals surface area contributed by atoms with Gasteiger partial charge in [0.2, 0.25) is 0 Å². The van der Waals surface area contributed by atoms with Crippen molar-refractivity contribution >= 4 is 28.2 Å². The Bertz CT molecular complexity index is 1530.